The number of fused-ring (bicyclic) bond motifs is 1. The van der Waals surface area contributed by atoms with E-state index >= 15 is 0 Å². The minimum absolute atomic E-state index is 0.233. The van der Waals surface area contributed by atoms with Crippen LogP contribution >= 0.6 is 10.5 Å². The van der Waals surface area contributed by atoms with Gasteiger partial charge in [-0.1, -0.05) is 5.87 Å². The fourth-order valence-electron chi connectivity index (χ4n) is 4.51. The molecule has 0 spiro atoms. The Bertz CT molecular complexity index is 1570. The normalized spacial score (nSPS) is 14.6. The zero-order chi connectivity index (χ0) is 26.1. The zero-order valence-electron chi connectivity index (χ0n) is 20.7. The molecule has 1 unspecified atom stereocenters. The highest BCUT2D eigenvalue weighted by atomic mass is 32.2. The Kier molecular flexibility index (Phi) is 7.03. The minimum Gasteiger partial charge on any atom is -0.367 e. The molecule has 192 valence electrons. The number of halogens is 2. The van der Waals surface area contributed by atoms with Crippen LogP contribution in [0.2, 0.25) is 0 Å². The molecule has 3 heterocycles. The molecule has 1 atom stereocenters. The lowest BCUT2D eigenvalue weighted by molar-refractivity contribution is 0.566. The molecule has 0 radical (unpaired) electrons. The summed E-state index contributed by atoms with van der Waals surface area (Å²) < 4.78 is 31.1. The van der Waals surface area contributed by atoms with Crippen molar-refractivity contribution in [2.75, 3.05) is 42.7 Å². The first kappa shape index (κ1) is 25.0. The monoisotopic (exact) mass is 522 g/mol. The van der Waals surface area contributed by atoms with Crippen LogP contribution in [0.25, 0.3) is 22.2 Å². The van der Waals surface area contributed by atoms with Crippen molar-refractivity contribution in [1.29, 1.82) is 0 Å². The van der Waals surface area contributed by atoms with Crippen LogP contribution in [0.3, 0.4) is 0 Å². The maximum absolute atomic E-state index is 14.9. The number of benzene rings is 2. The SMILES string of the molecule is C=S(C)c1ccc(F)c(-c2cc3cnc(Nc4ccc(N5CCNCC5)c(F)c4)nc3n(CC)c2=O)c1. The van der Waals surface area contributed by atoms with Crippen molar-refractivity contribution in [3.05, 3.63) is 70.6 Å². The highest BCUT2D eigenvalue weighted by molar-refractivity contribution is 8.13. The van der Waals surface area contributed by atoms with Gasteiger partial charge >= 0.3 is 0 Å². The zero-order valence-corrected chi connectivity index (χ0v) is 21.5. The van der Waals surface area contributed by atoms with Crippen LogP contribution in [-0.4, -0.2) is 52.8 Å². The summed E-state index contributed by atoms with van der Waals surface area (Å²) in [4.78, 5) is 25.2. The maximum atomic E-state index is 14.9. The standard InChI is InChI=1S/C27H28F2N6OS/c1-4-35-25-17(13-21(26(35)36)20-15-19(37(2)3)6-7-22(20)28)16-31-27(33-25)32-18-5-8-24(23(29)14-18)34-11-9-30-10-12-34/h5-8,13-16,30H,2,4,9-12H2,1,3H3,(H,31,32,33). The van der Waals surface area contributed by atoms with Crippen molar-refractivity contribution in [3.63, 3.8) is 0 Å². The van der Waals surface area contributed by atoms with Gasteiger partial charge in [0.1, 0.15) is 17.3 Å². The predicted molar refractivity (Wildman–Crippen MR) is 149 cm³/mol. The molecule has 2 aromatic heterocycles. The Hall–Kier alpha value is -3.63. The lowest BCUT2D eigenvalue weighted by Gasteiger charge is -2.29. The van der Waals surface area contributed by atoms with Crippen LogP contribution in [0.4, 0.5) is 26.1 Å². The lowest BCUT2D eigenvalue weighted by Crippen LogP contribution is -2.43. The van der Waals surface area contributed by atoms with E-state index in [2.05, 4.69) is 26.5 Å². The maximum Gasteiger partial charge on any atom is 0.260 e. The van der Waals surface area contributed by atoms with Crippen molar-refractivity contribution in [2.24, 2.45) is 0 Å². The summed E-state index contributed by atoms with van der Waals surface area (Å²) in [5, 5.41) is 6.89. The van der Waals surface area contributed by atoms with Crippen molar-refractivity contribution < 1.29 is 8.78 Å². The third-order valence-electron chi connectivity index (χ3n) is 6.44. The number of nitrogens with one attached hydrogen (secondary N) is 2. The van der Waals surface area contributed by atoms with Gasteiger partial charge in [0.25, 0.3) is 5.56 Å². The number of aryl methyl sites for hydroxylation is 1. The van der Waals surface area contributed by atoms with Gasteiger partial charge in [-0.2, -0.15) is 15.5 Å². The first-order valence-electron chi connectivity index (χ1n) is 12.0. The van der Waals surface area contributed by atoms with Gasteiger partial charge in [-0.15, -0.1) is 0 Å². The van der Waals surface area contributed by atoms with E-state index in [1.54, 1.807) is 36.5 Å². The summed E-state index contributed by atoms with van der Waals surface area (Å²) in [6.45, 7) is 5.30. The van der Waals surface area contributed by atoms with Crippen LogP contribution in [-0.2, 0) is 6.54 Å². The Morgan fingerprint density at radius 1 is 1.08 bits per heavy atom. The number of piperazine rings is 1. The molecule has 7 nitrogen and oxygen atoms in total. The molecular weight excluding hydrogens is 494 g/mol. The smallest absolute Gasteiger partial charge is 0.260 e. The number of rotatable bonds is 6. The second kappa shape index (κ2) is 10.4. The Morgan fingerprint density at radius 2 is 1.86 bits per heavy atom. The first-order valence-corrected chi connectivity index (χ1v) is 13.8. The molecule has 0 bridgehead atoms. The van der Waals surface area contributed by atoms with E-state index in [4.69, 9.17) is 0 Å². The van der Waals surface area contributed by atoms with Gasteiger partial charge in [0.15, 0.2) is 0 Å². The van der Waals surface area contributed by atoms with Gasteiger partial charge in [0, 0.05) is 60.5 Å². The van der Waals surface area contributed by atoms with Crippen molar-refractivity contribution in [2.45, 2.75) is 18.4 Å². The Labute approximate surface area is 216 Å². The molecule has 1 aliphatic rings. The molecule has 4 aromatic rings. The van der Waals surface area contributed by atoms with Crippen molar-refractivity contribution in [3.8, 4) is 11.1 Å². The minimum atomic E-state index is -0.473. The van der Waals surface area contributed by atoms with Gasteiger partial charge in [-0.3, -0.25) is 9.36 Å². The molecule has 37 heavy (non-hydrogen) atoms. The van der Waals surface area contributed by atoms with E-state index < -0.39 is 5.82 Å². The van der Waals surface area contributed by atoms with Gasteiger partial charge in [-0.05, 0) is 55.6 Å². The van der Waals surface area contributed by atoms with Crippen LogP contribution < -0.4 is 21.1 Å². The number of anilines is 3. The third-order valence-corrected chi connectivity index (χ3v) is 7.49. The molecular formula is C27H28F2N6OS. The topological polar surface area (TPSA) is 75.1 Å². The van der Waals surface area contributed by atoms with E-state index in [0.717, 1.165) is 31.1 Å². The highest BCUT2D eigenvalue weighted by Crippen LogP contribution is 2.30. The number of hydrogen-bond acceptors (Lipinski definition) is 6. The van der Waals surface area contributed by atoms with Gasteiger partial charge in [-0.25, -0.2) is 13.8 Å². The fourth-order valence-corrected chi connectivity index (χ4v) is 5.13. The first-order chi connectivity index (χ1) is 17.9. The summed E-state index contributed by atoms with van der Waals surface area (Å²) in [5.41, 5.74) is 1.60. The molecule has 5 rings (SSSR count). The van der Waals surface area contributed by atoms with Crippen LogP contribution in [0.5, 0.6) is 0 Å². The van der Waals surface area contributed by atoms with Gasteiger partial charge in [0.2, 0.25) is 5.95 Å². The lowest BCUT2D eigenvalue weighted by atomic mass is 10.1. The molecule has 1 saturated heterocycles. The Morgan fingerprint density at radius 3 is 2.57 bits per heavy atom. The molecule has 1 aliphatic heterocycles. The van der Waals surface area contributed by atoms with E-state index in [9.17, 15) is 13.6 Å². The summed E-state index contributed by atoms with van der Waals surface area (Å²) in [6, 6.07) is 11.3. The number of aromatic nitrogens is 3. The summed E-state index contributed by atoms with van der Waals surface area (Å²) >= 11 is 0. The molecule has 0 amide bonds. The largest absolute Gasteiger partial charge is 0.367 e. The fraction of sp³-hybridized carbons (Fsp3) is 0.259. The Balaban J connectivity index is 1.50. The van der Waals surface area contributed by atoms with E-state index in [1.165, 1.54) is 16.7 Å². The average Bonchev–Trinajstić information content (AvgIpc) is 2.89. The molecule has 2 aromatic carbocycles. The summed E-state index contributed by atoms with van der Waals surface area (Å²) in [6.07, 6.45) is 3.52. The quantitative estimate of drug-likeness (QED) is 0.361. The average molecular weight is 523 g/mol. The van der Waals surface area contributed by atoms with Crippen LogP contribution in [0.1, 0.15) is 6.92 Å². The third kappa shape index (κ3) is 4.99. The number of nitrogens with zero attached hydrogens (tertiary/aromatic N) is 4. The second-order valence-electron chi connectivity index (χ2n) is 8.89. The van der Waals surface area contributed by atoms with Crippen molar-refractivity contribution in [1.82, 2.24) is 19.9 Å². The molecule has 2 N–H and O–H groups in total. The highest BCUT2D eigenvalue weighted by Gasteiger charge is 2.17. The van der Waals surface area contributed by atoms with Crippen LogP contribution in [0.15, 0.2) is 58.4 Å². The molecule has 1 fully saturated rings. The predicted octanol–water partition coefficient (Wildman–Crippen LogP) is 4.60. The summed E-state index contributed by atoms with van der Waals surface area (Å²) in [5.74, 6) is 3.45. The van der Waals surface area contributed by atoms with E-state index in [1.807, 2.05) is 18.1 Å². The van der Waals surface area contributed by atoms with E-state index in [-0.39, 0.29) is 38.9 Å². The summed E-state index contributed by atoms with van der Waals surface area (Å²) in [7, 11) is -0.330. The molecule has 10 heteroatoms. The van der Waals surface area contributed by atoms with Crippen LogP contribution in [0, 0.1) is 11.6 Å². The molecule has 0 saturated carbocycles. The number of pyridine rings is 1. The van der Waals surface area contributed by atoms with Gasteiger partial charge < -0.3 is 15.5 Å². The molecule has 0 aliphatic carbocycles. The number of hydrogen-bond donors (Lipinski definition) is 2. The van der Waals surface area contributed by atoms with Crippen molar-refractivity contribution >= 4 is 44.7 Å². The van der Waals surface area contributed by atoms with E-state index in [0.29, 0.717) is 29.0 Å². The van der Waals surface area contributed by atoms with Gasteiger partial charge in [0.05, 0.1) is 11.3 Å². The second-order valence-corrected chi connectivity index (χ2v) is 10.6.